The molecule has 0 bridgehead atoms. The topological polar surface area (TPSA) is 165 Å². The highest BCUT2D eigenvalue weighted by Gasteiger charge is 2.39. The van der Waals surface area contributed by atoms with Crippen molar-refractivity contribution in [2.45, 2.75) is 103 Å². The summed E-state index contributed by atoms with van der Waals surface area (Å²) in [4.78, 5) is 76.3. The summed E-state index contributed by atoms with van der Waals surface area (Å²) in [7, 11) is 1.57. The minimum Gasteiger partial charge on any atom is -0.493 e. The van der Waals surface area contributed by atoms with Gasteiger partial charge in [0, 0.05) is 66.7 Å². The van der Waals surface area contributed by atoms with Crippen LogP contribution in [0.25, 0.3) is 16.7 Å². The Bertz CT molecular complexity index is 3220. The van der Waals surface area contributed by atoms with Gasteiger partial charge in [0.2, 0.25) is 5.91 Å². The Morgan fingerprint density at radius 2 is 1.45 bits per heavy atom. The Kier molecular flexibility index (Phi) is 14.3. The second-order valence-electron chi connectivity index (χ2n) is 21.7. The van der Waals surface area contributed by atoms with Gasteiger partial charge in [0.15, 0.2) is 17.3 Å². The number of nitrogens with zero attached hydrogens (tertiary/aromatic N) is 3. The largest absolute Gasteiger partial charge is 0.493 e. The fraction of sp³-hybridized carbons (Fsp3) is 0.365. The third kappa shape index (κ3) is 10.5. The lowest BCUT2D eigenvalue weighted by Crippen LogP contribution is -2.45. The molecular weight excluding hydrogens is 971 g/mol. The number of hydrogen-bond donors (Lipinski definition) is 2. The number of benzene rings is 5. The number of hydrogen-bond acceptors (Lipinski definition) is 10. The number of anilines is 1. The van der Waals surface area contributed by atoms with Crippen LogP contribution in [0.4, 0.5) is 16.2 Å². The lowest BCUT2D eigenvalue weighted by Gasteiger charge is -2.23. The Morgan fingerprint density at radius 1 is 0.753 bits per heavy atom. The Labute approximate surface area is 449 Å². The molecule has 14 heteroatoms. The van der Waals surface area contributed by atoms with Crippen LogP contribution in [0.3, 0.4) is 0 Å². The van der Waals surface area contributed by atoms with Crippen LogP contribution in [0.1, 0.15) is 120 Å². The number of amides is 4. The standard InChI is InChI=1S/C63H65N5O9/c1-36(2)59(66-63(73)77-35-53-49-13-8-6-11-47(49)48-12-7-9-14-50(48)53)55(69)26-38(4)60(70)65-44-20-17-40(18-21-44)42-27-45-22-19-41-29-56(37(3)25-51(41)61(71)67(45)33-42)75-23-10-24-76-58-31-54-52(30-57(58)74-5)62(72)68-34-43(39-15-16-39)28-46(68)32-64-54/h6-9,11-14,17-18,20-21,25,29-34,36,38-39,45-46,53,59H,10,15-16,19,22-24,26-28,35H2,1-5H3,(H,65,70)(H,66,73)/t38-,45-,46+,59+/m1/s1. The van der Waals surface area contributed by atoms with E-state index >= 15 is 0 Å². The third-order valence-electron chi connectivity index (χ3n) is 16.0. The quantitative estimate of drug-likeness (QED) is 0.0813. The summed E-state index contributed by atoms with van der Waals surface area (Å²) in [6, 6.07) is 30.3. The van der Waals surface area contributed by atoms with Gasteiger partial charge in [-0.25, -0.2) is 4.79 Å². The number of ether oxygens (including phenoxy) is 4. The molecule has 4 heterocycles. The smallest absolute Gasteiger partial charge is 0.407 e. The summed E-state index contributed by atoms with van der Waals surface area (Å²) < 4.78 is 23.9. The SMILES string of the molecule is COc1cc2c(cc1OCCCOc1cc3c(cc1C)C(=O)N1C=C(c4ccc(NC(=O)[C@H](C)CC(=O)[C@@H](NC(=O)OCC5c6ccccc6-c6ccccc65)C(C)C)cc4)C[C@H]1CC3)N=C[C@@H]1CC(C3CC3)=CN1C2=O. The van der Waals surface area contributed by atoms with Crippen molar-refractivity contribution < 1.29 is 42.9 Å². The Morgan fingerprint density at radius 3 is 2.16 bits per heavy atom. The molecule has 0 radical (unpaired) electrons. The monoisotopic (exact) mass is 1040 g/mol. The zero-order valence-corrected chi connectivity index (χ0v) is 44.3. The van der Waals surface area contributed by atoms with Crippen molar-refractivity contribution in [2.24, 2.45) is 22.7 Å². The van der Waals surface area contributed by atoms with Gasteiger partial charge in [0.25, 0.3) is 11.8 Å². The summed E-state index contributed by atoms with van der Waals surface area (Å²) >= 11 is 0. The van der Waals surface area contributed by atoms with Crippen LogP contribution in [0.2, 0.25) is 0 Å². The van der Waals surface area contributed by atoms with E-state index < -0.39 is 18.1 Å². The van der Waals surface area contributed by atoms with E-state index in [1.807, 2.05) is 110 Å². The molecule has 11 rings (SSSR count). The summed E-state index contributed by atoms with van der Waals surface area (Å²) in [5.41, 5.74) is 12.0. The Hall–Kier alpha value is -8.00. The number of methoxy groups -OCH3 is 1. The van der Waals surface area contributed by atoms with Crippen LogP contribution in [-0.2, 0) is 20.7 Å². The van der Waals surface area contributed by atoms with Crippen molar-refractivity contribution in [3.05, 3.63) is 154 Å². The van der Waals surface area contributed by atoms with Gasteiger partial charge in [0.05, 0.1) is 43.7 Å². The van der Waals surface area contributed by atoms with Crippen molar-refractivity contribution in [3.63, 3.8) is 0 Å². The van der Waals surface area contributed by atoms with E-state index in [-0.39, 0.29) is 60.5 Å². The second kappa shape index (κ2) is 21.6. The van der Waals surface area contributed by atoms with Gasteiger partial charge in [0.1, 0.15) is 12.4 Å². The Balaban J connectivity index is 0.647. The number of alkyl carbamates (subject to hydrolysis) is 1. The molecule has 0 saturated heterocycles. The minimum absolute atomic E-state index is 0.000677. The molecule has 5 aromatic rings. The highest BCUT2D eigenvalue weighted by molar-refractivity contribution is 6.04. The zero-order valence-electron chi connectivity index (χ0n) is 44.3. The van der Waals surface area contributed by atoms with Crippen molar-refractivity contribution in [1.82, 2.24) is 15.1 Å². The second-order valence-corrected chi connectivity index (χ2v) is 21.7. The van der Waals surface area contributed by atoms with Crippen LogP contribution in [-0.4, -0.2) is 90.7 Å². The van der Waals surface area contributed by atoms with Crippen LogP contribution >= 0.6 is 0 Å². The molecule has 0 spiro atoms. The molecule has 4 atom stereocenters. The predicted octanol–water partition coefficient (Wildman–Crippen LogP) is 11.4. The lowest BCUT2D eigenvalue weighted by atomic mass is 9.93. The maximum Gasteiger partial charge on any atom is 0.407 e. The van der Waals surface area contributed by atoms with Crippen molar-refractivity contribution in [2.75, 3.05) is 32.2 Å². The molecule has 1 fully saturated rings. The van der Waals surface area contributed by atoms with E-state index in [2.05, 4.69) is 34.9 Å². The number of fused-ring (bicyclic) bond motifs is 7. The van der Waals surface area contributed by atoms with E-state index in [0.29, 0.717) is 66.0 Å². The highest BCUT2D eigenvalue weighted by Crippen LogP contribution is 2.46. The number of carbonyl (C=O) groups is 5. The first kappa shape index (κ1) is 51.1. The number of nitrogens with one attached hydrogen (secondary N) is 2. The molecule has 6 aliphatic rings. The molecule has 14 nitrogen and oxygen atoms in total. The van der Waals surface area contributed by atoms with E-state index in [4.69, 9.17) is 23.9 Å². The number of ketones is 1. The van der Waals surface area contributed by atoms with E-state index in [9.17, 15) is 24.0 Å². The van der Waals surface area contributed by atoms with Gasteiger partial charge in [-0.3, -0.25) is 24.2 Å². The predicted molar refractivity (Wildman–Crippen MR) is 295 cm³/mol. The van der Waals surface area contributed by atoms with Gasteiger partial charge < -0.3 is 39.4 Å². The lowest BCUT2D eigenvalue weighted by molar-refractivity contribution is -0.127. The number of aliphatic imine (C=N–C) groups is 1. The van der Waals surface area contributed by atoms with Crippen molar-refractivity contribution >= 4 is 52.8 Å². The van der Waals surface area contributed by atoms with Crippen LogP contribution in [0, 0.1) is 24.7 Å². The molecule has 0 unspecified atom stereocenters. The first-order chi connectivity index (χ1) is 37.3. The van der Waals surface area contributed by atoms with E-state index in [1.54, 1.807) is 26.2 Å². The van der Waals surface area contributed by atoms with Gasteiger partial charge in [-0.15, -0.1) is 0 Å². The molecule has 4 aliphatic heterocycles. The highest BCUT2D eigenvalue weighted by atomic mass is 16.5. The first-order valence-corrected chi connectivity index (χ1v) is 27.1. The molecule has 396 valence electrons. The first-order valence-electron chi connectivity index (χ1n) is 27.1. The average Bonchev–Trinajstić information content (AvgIpc) is 4.11. The number of Topliss-reactive ketones (excluding diaryl/α,β-unsaturated/α-hetero) is 1. The summed E-state index contributed by atoms with van der Waals surface area (Å²) in [6.45, 7) is 8.26. The minimum atomic E-state index is -0.825. The normalized spacial score (nSPS) is 18.8. The fourth-order valence-corrected chi connectivity index (χ4v) is 11.6. The summed E-state index contributed by atoms with van der Waals surface area (Å²) in [5, 5.41) is 5.74. The van der Waals surface area contributed by atoms with E-state index in [1.165, 1.54) is 18.4 Å². The zero-order chi connectivity index (χ0) is 53.5. The van der Waals surface area contributed by atoms with E-state index in [0.717, 1.165) is 69.5 Å². The van der Waals surface area contributed by atoms with Crippen molar-refractivity contribution in [3.8, 4) is 28.4 Å². The molecule has 4 amide bonds. The maximum atomic E-state index is 14.1. The molecule has 5 aromatic carbocycles. The molecule has 0 aromatic heterocycles. The fourth-order valence-electron chi connectivity index (χ4n) is 11.6. The average molecular weight is 1040 g/mol. The van der Waals surface area contributed by atoms with Crippen molar-refractivity contribution in [1.29, 1.82) is 0 Å². The van der Waals surface area contributed by atoms with Crippen LogP contribution in [0.5, 0.6) is 17.2 Å². The molecular formula is C63H65N5O9. The van der Waals surface area contributed by atoms with Gasteiger partial charge in [-0.1, -0.05) is 81.4 Å². The third-order valence-corrected chi connectivity index (χ3v) is 16.0. The van der Waals surface area contributed by atoms with Gasteiger partial charge in [-0.2, -0.15) is 0 Å². The van der Waals surface area contributed by atoms with Gasteiger partial charge in [-0.05, 0) is 138 Å². The van der Waals surface area contributed by atoms with Crippen LogP contribution < -0.4 is 24.8 Å². The number of aryl methyl sites for hydroxylation is 2. The number of carbonyl (C=O) groups excluding carboxylic acids is 5. The molecule has 1 saturated carbocycles. The molecule has 77 heavy (non-hydrogen) atoms. The summed E-state index contributed by atoms with van der Waals surface area (Å²) in [5.74, 6) is 0.671. The summed E-state index contributed by atoms with van der Waals surface area (Å²) in [6.07, 6.45) is 11.1. The van der Waals surface area contributed by atoms with Crippen LogP contribution in [0.15, 0.2) is 120 Å². The maximum absolute atomic E-state index is 14.1. The van der Waals surface area contributed by atoms with Gasteiger partial charge >= 0.3 is 6.09 Å². The number of rotatable bonds is 18. The molecule has 2 aliphatic carbocycles. The molecule has 2 N–H and O–H groups in total.